The number of hydrogen-bond acceptors (Lipinski definition) is 4. The molecular formula is C23H31NO4. The molecular weight excluding hydrogens is 354 g/mol. The summed E-state index contributed by atoms with van der Waals surface area (Å²) in [5, 5.41) is 9.90. The van der Waals surface area contributed by atoms with Crippen LogP contribution in [0.3, 0.4) is 0 Å². The van der Waals surface area contributed by atoms with Crippen LogP contribution in [0.5, 0.6) is 0 Å². The number of carboxylic acid groups (broad SMARTS) is 1. The Morgan fingerprint density at radius 3 is 2.32 bits per heavy atom. The highest BCUT2D eigenvalue weighted by molar-refractivity contribution is 6.00. The van der Waals surface area contributed by atoms with E-state index < -0.39 is 17.9 Å². The highest BCUT2D eigenvalue weighted by Gasteiger charge is 2.41. The summed E-state index contributed by atoms with van der Waals surface area (Å²) in [6.45, 7) is 0. The van der Waals surface area contributed by atoms with Crippen molar-refractivity contribution in [2.75, 3.05) is 7.05 Å². The Kier molecular flexibility index (Phi) is 5.72. The lowest BCUT2D eigenvalue weighted by atomic mass is 9.80. The Morgan fingerprint density at radius 1 is 1.04 bits per heavy atom. The van der Waals surface area contributed by atoms with Gasteiger partial charge >= 0.3 is 11.9 Å². The molecule has 1 aliphatic carbocycles. The van der Waals surface area contributed by atoms with Crippen LogP contribution in [0.15, 0.2) is 24.3 Å². The third-order valence-corrected chi connectivity index (χ3v) is 7.16. The van der Waals surface area contributed by atoms with Gasteiger partial charge in [-0.15, -0.1) is 0 Å². The SMILES string of the molecule is CN1C2CCC1CC(c1ccccc1C(C(=O)O)C(=O)OC1CCCCC1)C2. The first-order chi connectivity index (χ1) is 13.5. The van der Waals surface area contributed by atoms with Crippen LogP contribution in [0.25, 0.3) is 0 Å². The molecule has 4 rings (SSSR count). The molecule has 2 saturated heterocycles. The Labute approximate surface area is 167 Å². The minimum Gasteiger partial charge on any atom is -0.480 e. The zero-order valence-electron chi connectivity index (χ0n) is 16.7. The minimum absolute atomic E-state index is 0.130. The zero-order valence-corrected chi connectivity index (χ0v) is 16.7. The maximum Gasteiger partial charge on any atom is 0.325 e. The van der Waals surface area contributed by atoms with Crippen molar-refractivity contribution in [3.05, 3.63) is 35.4 Å². The van der Waals surface area contributed by atoms with E-state index >= 15 is 0 Å². The molecule has 1 N–H and O–H groups in total. The molecule has 5 nitrogen and oxygen atoms in total. The van der Waals surface area contributed by atoms with E-state index in [0.29, 0.717) is 23.6 Å². The van der Waals surface area contributed by atoms with Gasteiger partial charge in [-0.25, -0.2) is 0 Å². The Bertz CT molecular complexity index is 713. The minimum atomic E-state index is -1.23. The monoisotopic (exact) mass is 385 g/mol. The second-order valence-electron chi connectivity index (χ2n) is 8.82. The molecule has 2 bridgehead atoms. The molecule has 2 aliphatic heterocycles. The van der Waals surface area contributed by atoms with E-state index in [1.54, 1.807) is 0 Å². The van der Waals surface area contributed by atoms with E-state index in [1.807, 2.05) is 24.3 Å². The van der Waals surface area contributed by atoms with Crippen molar-refractivity contribution in [1.82, 2.24) is 4.90 Å². The van der Waals surface area contributed by atoms with E-state index in [4.69, 9.17) is 4.74 Å². The largest absolute Gasteiger partial charge is 0.480 e. The van der Waals surface area contributed by atoms with Crippen molar-refractivity contribution in [2.45, 2.75) is 87.8 Å². The summed E-state index contributed by atoms with van der Waals surface area (Å²) >= 11 is 0. The van der Waals surface area contributed by atoms with Crippen molar-refractivity contribution in [3.8, 4) is 0 Å². The molecule has 0 amide bonds. The summed E-state index contributed by atoms with van der Waals surface area (Å²) in [6.07, 6.45) is 9.32. The summed E-state index contributed by atoms with van der Waals surface area (Å²) in [4.78, 5) is 27.4. The average Bonchev–Trinajstić information content (AvgIpc) is 2.90. The van der Waals surface area contributed by atoms with Gasteiger partial charge in [-0.05, 0) is 75.5 Å². The molecule has 5 heteroatoms. The standard InChI is InChI=1S/C23H31NO4/c1-24-16-11-12-17(24)14-15(13-16)19-9-5-6-10-20(19)21(22(25)26)23(27)28-18-7-3-2-4-8-18/h5-6,9-10,15-18,21H,2-4,7-8,11-14H2,1H3,(H,25,26). The van der Waals surface area contributed by atoms with Gasteiger partial charge in [0.2, 0.25) is 0 Å². The summed E-state index contributed by atoms with van der Waals surface area (Å²) in [5.74, 6) is -2.61. The van der Waals surface area contributed by atoms with Gasteiger partial charge in [-0.3, -0.25) is 9.59 Å². The molecule has 3 unspecified atom stereocenters. The molecule has 28 heavy (non-hydrogen) atoms. The molecule has 3 fully saturated rings. The number of fused-ring (bicyclic) bond motifs is 2. The average molecular weight is 386 g/mol. The third-order valence-electron chi connectivity index (χ3n) is 7.16. The summed E-state index contributed by atoms with van der Waals surface area (Å²) in [7, 11) is 2.20. The van der Waals surface area contributed by atoms with Crippen LogP contribution in [-0.4, -0.2) is 47.2 Å². The van der Waals surface area contributed by atoms with Gasteiger partial charge in [-0.1, -0.05) is 30.7 Å². The number of nitrogens with zero attached hydrogens (tertiary/aromatic N) is 1. The van der Waals surface area contributed by atoms with Gasteiger partial charge < -0.3 is 14.7 Å². The fourth-order valence-corrected chi connectivity index (χ4v) is 5.59. The first-order valence-corrected chi connectivity index (χ1v) is 10.8. The number of carbonyl (C=O) groups is 2. The van der Waals surface area contributed by atoms with E-state index in [2.05, 4.69) is 11.9 Å². The molecule has 0 spiro atoms. The smallest absolute Gasteiger partial charge is 0.325 e. The number of hydrogen-bond donors (Lipinski definition) is 1. The van der Waals surface area contributed by atoms with Crippen LogP contribution >= 0.6 is 0 Å². The second kappa shape index (κ2) is 8.24. The fraction of sp³-hybridized carbons (Fsp3) is 0.652. The van der Waals surface area contributed by atoms with E-state index in [0.717, 1.165) is 50.5 Å². The summed E-state index contributed by atoms with van der Waals surface area (Å²) in [6, 6.07) is 8.77. The Morgan fingerprint density at radius 2 is 1.68 bits per heavy atom. The molecule has 2 heterocycles. The number of carboxylic acids is 1. The van der Waals surface area contributed by atoms with Gasteiger partial charge in [0, 0.05) is 12.1 Å². The Balaban J connectivity index is 1.57. The van der Waals surface area contributed by atoms with Gasteiger partial charge in [-0.2, -0.15) is 0 Å². The first-order valence-electron chi connectivity index (χ1n) is 10.8. The van der Waals surface area contributed by atoms with Crippen LogP contribution < -0.4 is 0 Å². The molecule has 0 aromatic heterocycles. The molecule has 1 aromatic rings. The first kappa shape index (κ1) is 19.4. The molecule has 1 saturated carbocycles. The predicted molar refractivity (Wildman–Crippen MR) is 106 cm³/mol. The summed E-state index contributed by atoms with van der Waals surface area (Å²) < 4.78 is 5.66. The van der Waals surface area contributed by atoms with Crippen LogP contribution in [-0.2, 0) is 14.3 Å². The van der Waals surface area contributed by atoms with Gasteiger partial charge in [0.1, 0.15) is 6.10 Å². The molecule has 3 atom stereocenters. The summed E-state index contributed by atoms with van der Waals surface area (Å²) in [5.41, 5.74) is 1.66. The number of ether oxygens (including phenoxy) is 1. The third kappa shape index (κ3) is 3.82. The number of aliphatic carboxylic acids is 1. The maximum atomic E-state index is 12.9. The van der Waals surface area contributed by atoms with Crippen LogP contribution in [0.1, 0.15) is 80.8 Å². The molecule has 3 aliphatic rings. The highest BCUT2D eigenvalue weighted by atomic mass is 16.5. The molecule has 0 radical (unpaired) electrons. The van der Waals surface area contributed by atoms with Crippen molar-refractivity contribution in [3.63, 3.8) is 0 Å². The normalized spacial score (nSPS) is 29.4. The maximum absolute atomic E-state index is 12.9. The van der Waals surface area contributed by atoms with Crippen LogP contribution in [0.4, 0.5) is 0 Å². The van der Waals surface area contributed by atoms with Gasteiger partial charge in [0.25, 0.3) is 0 Å². The van der Waals surface area contributed by atoms with Gasteiger partial charge in [0.15, 0.2) is 5.92 Å². The quantitative estimate of drug-likeness (QED) is 0.611. The zero-order chi connectivity index (χ0) is 19.7. The highest BCUT2D eigenvalue weighted by Crippen LogP contribution is 2.44. The number of esters is 1. The van der Waals surface area contributed by atoms with Crippen LogP contribution in [0, 0.1) is 0 Å². The fourth-order valence-electron chi connectivity index (χ4n) is 5.59. The lowest BCUT2D eigenvalue weighted by Gasteiger charge is -2.37. The van der Waals surface area contributed by atoms with Crippen LogP contribution in [0.2, 0.25) is 0 Å². The topological polar surface area (TPSA) is 66.8 Å². The number of piperidine rings is 1. The number of benzene rings is 1. The molecule has 1 aromatic carbocycles. The van der Waals surface area contributed by atoms with Crippen molar-refractivity contribution in [1.29, 1.82) is 0 Å². The Hall–Kier alpha value is -1.88. The predicted octanol–water partition coefficient (Wildman–Crippen LogP) is 4.07. The van der Waals surface area contributed by atoms with Crippen molar-refractivity contribution < 1.29 is 19.4 Å². The number of rotatable bonds is 5. The van der Waals surface area contributed by atoms with E-state index in [1.165, 1.54) is 12.8 Å². The van der Waals surface area contributed by atoms with Crippen molar-refractivity contribution in [2.24, 2.45) is 0 Å². The van der Waals surface area contributed by atoms with Gasteiger partial charge in [0.05, 0.1) is 0 Å². The molecule has 152 valence electrons. The lowest BCUT2D eigenvalue weighted by molar-refractivity contribution is -0.159. The second-order valence-corrected chi connectivity index (χ2v) is 8.82. The lowest BCUT2D eigenvalue weighted by Crippen LogP contribution is -2.39. The van der Waals surface area contributed by atoms with E-state index in [9.17, 15) is 14.7 Å². The van der Waals surface area contributed by atoms with Crippen molar-refractivity contribution >= 4 is 11.9 Å². The number of carbonyl (C=O) groups excluding carboxylic acids is 1. The van der Waals surface area contributed by atoms with E-state index in [-0.39, 0.29) is 6.10 Å².